The van der Waals surface area contributed by atoms with Gasteiger partial charge in [-0.25, -0.2) is 8.42 Å². The van der Waals surface area contributed by atoms with Gasteiger partial charge in [-0.2, -0.15) is 4.31 Å². The summed E-state index contributed by atoms with van der Waals surface area (Å²) in [6.45, 7) is 1.58. The SMILES string of the molecule is O=c1[nH]c2c(c3ccccc13)Cc1cc(S(=O)(=O)N3CCOCC3)ccc1-2. The third-order valence-electron chi connectivity index (χ3n) is 5.36. The van der Waals surface area contributed by atoms with E-state index in [4.69, 9.17) is 4.74 Å². The third kappa shape index (κ3) is 2.54. The molecule has 0 amide bonds. The van der Waals surface area contributed by atoms with Crippen LogP contribution in [0.25, 0.3) is 22.0 Å². The monoisotopic (exact) mass is 382 g/mol. The Kier molecular flexibility index (Phi) is 3.72. The van der Waals surface area contributed by atoms with Gasteiger partial charge < -0.3 is 9.72 Å². The summed E-state index contributed by atoms with van der Waals surface area (Å²) in [4.78, 5) is 15.7. The number of nitrogens with zero attached hydrogens (tertiary/aromatic N) is 1. The number of morpholine rings is 1. The molecular formula is C20H18N2O4S. The number of rotatable bonds is 2. The van der Waals surface area contributed by atoms with Crippen LogP contribution in [0.2, 0.25) is 0 Å². The number of benzene rings is 2. The number of aromatic amines is 1. The number of H-pyrrole nitrogens is 1. The largest absolute Gasteiger partial charge is 0.379 e. The Morgan fingerprint density at radius 3 is 2.52 bits per heavy atom. The van der Waals surface area contributed by atoms with Crippen molar-refractivity contribution >= 4 is 20.8 Å². The Morgan fingerprint density at radius 2 is 1.74 bits per heavy atom. The fraction of sp³-hybridized carbons (Fsp3) is 0.250. The number of pyridine rings is 1. The molecule has 1 N–H and O–H groups in total. The fourth-order valence-corrected chi connectivity index (χ4v) is 5.46. The summed E-state index contributed by atoms with van der Waals surface area (Å²) in [5.41, 5.74) is 3.53. The summed E-state index contributed by atoms with van der Waals surface area (Å²) in [5, 5.41) is 1.58. The van der Waals surface area contributed by atoms with E-state index in [0.717, 1.165) is 27.8 Å². The van der Waals surface area contributed by atoms with Crippen LogP contribution >= 0.6 is 0 Å². The van der Waals surface area contributed by atoms with Gasteiger partial charge in [0.15, 0.2) is 0 Å². The van der Waals surface area contributed by atoms with Crippen molar-refractivity contribution in [3.8, 4) is 11.3 Å². The molecule has 2 heterocycles. The molecule has 1 aliphatic heterocycles. The van der Waals surface area contributed by atoms with Gasteiger partial charge in [0.25, 0.3) is 5.56 Å². The Labute approximate surface area is 156 Å². The van der Waals surface area contributed by atoms with E-state index in [1.807, 2.05) is 24.3 Å². The number of hydrogen-bond acceptors (Lipinski definition) is 4. The highest BCUT2D eigenvalue weighted by atomic mass is 32.2. The molecule has 1 aliphatic carbocycles. The zero-order valence-electron chi connectivity index (χ0n) is 14.6. The highest BCUT2D eigenvalue weighted by Gasteiger charge is 2.29. The predicted molar refractivity (Wildman–Crippen MR) is 102 cm³/mol. The van der Waals surface area contributed by atoms with E-state index < -0.39 is 10.0 Å². The Bertz CT molecular complexity index is 1220. The molecular weight excluding hydrogens is 364 g/mol. The van der Waals surface area contributed by atoms with Gasteiger partial charge in [0.2, 0.25) is 10.0 Å². The number of aromatic nitrogens is 1. The van der Waals surface area contributed by atoms with Crippen molar-refractivity contribution in [2.75, 3.05) is 26.3 Å². The van der Waals surface area contributed by atoms with Crippen LogP contribution in [0, 0.1) is 0 Å². The van der Waals surface area contributed by atoms with Gasteiger partial charge in [0.05, 0.1) is 23.8 Å². The Morgan fingerprint density at radius 1 is 1.00 bits per heavy atom. The molecule has 2 aliphatic rings. The van der Waals surface area contributed by atoms with Crippen LogP contribution in [0.15, 0.2) is 52.2 Å². The van der Waals surface area contributed by atoms with E-state index in [9.17, 15) is 13.2 Å². The lowest BCUT2D eigenvalue weighted by Gasteiger charge is -2.26. The highest BCUT2D eigenvalue weighted by Crippen LogP contribution is 2.39. The van der Waals surface area contributed by atoms with Gasteiger partial charge in [-0.3, -0.25) is 4.79 Å². The molecule has 0 saturated carbocycles. The zero-order chi connectivity index (χ0) is 18.6. The summed E-state index contributed by atoms with van der Waals surface area (Å²) >= 11 is 0. The van der Waals surface area contributed by atoms with Crippen LogP contribution in [0.3, 0.4) is 0 Å². The fourth-order valence-electron chi connectivity index (χ4n) is 4.00. The molecule has 0 unspecified atom stereocenters. The summed E-state index contributed by atoms with van der Waals surface area (Å²) in [6, 6.07) is 12.7. The molecule has 5 rings (SSSR count). The average Bonchev–Trinajstić information content (AvgIpc) is 3.07. The second kappa shape index (κ2) is 6.02. The smallest absolute Gasteiger partial charge is 0.256 e. The van der Waals surface area contributed by atoms with E-state index in [0.29, 0.717) is 43.0 Å². The van der Waals surface area contributed by atoms with Crippen molar-refractivity contribution in [2.45, 2.75) is 11.3 Å². The summed E-state index contributed by atoms with van der Waals surface area (Å²) in [6.07, 6.45) is 0.606. The molecule has 0 radical (unpaired) electrons. The van der Waals surface area contributed by atoms with Gasteiger partial charge in [-0.15, -0.1) is 0 Å². The van der Waals surface area contributed by atoms with Crippen LogP contribution < -0.4 is 5.56 Å². The van der Waals surface area contributed by atoms with Crippen molar-refractivity contribution < 1.29 is 13.2 Å². The Balaban J connectivity index is 1.61. The first-order valence-corrected chi connectivity index (χ1v) is 10.3. The van der Waals surface area contributed by atoms with Crippen LogP contribution in [0.1, 0.15) is 11.1 Å². The second-order valence-electron chi connectivity index (χ2n) is 6.87. The van der Waals surface area contributed by atoms with Gasteiger partial charge >= 0.3 is 0 Å². The van der Waals surface area contributed by atoms with Crippen LogP contribution in [0.5, 0.6) is 0 Å². The highest BCUT2D eigenvalue weighted by molar-refractivity contribution is 7.89. The van der Waals surface area contributed by atoms with E-state index in [2.05, 4.69) is 4.98 Å². The summed E-state index contributed by atoms with van der Waals surface area (Å²) < 4.78 is 32.6. The van der Waals surface area contributed by atoms with Gasteiger partial charge in [-0.05, 0) is 34.7 Å². The maximum atomic E-state index is 12.9. The first-order chi connectivity index (χ1) is 13.1. The topological polar surface area (TPSA) is 79.5 Å². The standard InChI is InChI=1S/C20H18N2O4S/c23-20-17-4-2-1-3-16(17)18-12-13-11-14(5-6-15(13)19(18)21-20)27(24,25)22-7-9-26-10-8-22/h1-6,11H,7-10,12H2,(H,21,23). The lowest BCUT2D eigenvalue weighted by Crippen LogP contribution is -2.40. The van der Waals surface area contributed by atoms with E-state index in [-0.39, 0.29) is 5.56 Å². The normalized spacial score (nSPS) is 17.0. The van der Waals surface area contributed by atoms with Crippen molar-refractivity contribution in [3.05, 3.63) is 63.9 Å². The van der Waals surface area contributed by atoms with E-state index in [1.165, 1.54) is 4.31 Å². The molecule has 2 aromatic carbocycles. The Hall–Kier alpha value is -2.48. The molecule has 1 fully saturated rings. The number of nitrogens with one attached hydrogen (secondary N) is 1. The first-order valence-electron chi connectivity index (χ1n) is 8.91. The molecule has 0 atom stereocenters. The molecule has 1 aromatic heterocycles. The van der Waals surface area contributed by atoms with Crippen LogP contribution in [0.4, 0.5) is 0 Å². The molecule has 3 aromatic rings. The maximum absolute atomic E-state index is 12.9. The van der Waals surface area contributed by atoms with Crippen molar-refractivity contribution in [3.63, 3.8) is 0 Å². The van der Waals surface area contributed by atoms with Crippen molar-refractivity contribution in [1.29, 1.82) is 0 Å². The van der Waals surface area contributed by atoms with Crippen molar-refractivity contribution in [2.24, 2.45) is 0 Å². The predicted octanol–water partition coefficient (Wildman–Crippen LogP) is 2.12. The lowest BCUT2D eigenvalue weighted by atomic mass is 10.0. The quantitative estimate of drug-likeness (QED) is 0.576. The van der Waals surface area contributed by atoms with Gasteiger partial charge in [0, 0.05) is 30.5 Å². The van der Waals surface area contributed by atoms with Gasteiger partial charge in [0.1, 0.15) is 0 Å². The summed E-state index contributed by atoms with van der Waals surface area (Å²) in [5.74, 6) is 0. The van der Waals surface area contributed by atoms with E-state index in [1.54, 1.807) is 18.2 Å². The summed E-state index contributed by atoms with van der Waals surface area (Å²) in [7, 11) is -3.54. The number of hydrogen-bond donors (Lipinski definition) is 1. The first kappa shape index (κ1) is 16.7. The average molecular weight is 382 g/mol. The molecule has 0 bridgehead atoms. The van der Waals surface area contributed by atoms with Crippen molar-refractivity contribution in [1.82, 2.24) is 9.29 Å². The molecule has 27 heavy (non-hydrogen) atoms. The zero-order valence-corrected chi connectivity index (χ0v) is 15.4. The third-order valence-corrected chi connectivity index (χ3v) is 7.25. The number of fused-ring (bicyclic) bond motifs is 5. The lowest BCUT2D eigenvalue weighted by molar-refractivity contribution is 0.0730. The van der Waals surface area contributed by atoms with Crippen LogP contribution in [-0.2, 0) is 21.2 Å². The molecule has 0 spiro atoms. The minimum atomic E-state index is -3.54. The number of ether oxygens (including phenoxy) is 1. The maximum Gasteiger partial charge on any atom is 0.256 e. The van der Waals surface area contributed by atoms with Crippen LogP contribution in [-0.4, -0.2) is 44.0 Å². The molecule has 138 valence electrons. The minimum Gasteiger partial charge on any atom is -0.379 e. The second-order valence-corrected chi connectivity index (χ2v) is 8.80. The molecule has 7 heteroatoms. The number of sulfonamides is 1. The minimum absolute atomic E-state index is 0.123. The van der Waals surface area contributed by atoms with Gasteiger partial charge in [-0.1, -0.05) is 24.3 Å². The molecule has 6 nitrogen and oxygen atoms in total. The van der Waals surface area contributed by atoms with E-state index >= 15 is 0 Å². The molecule has 1 saturated heterocycles.